The molecule has 32 heavy (non-hydrogen) atoms. The van der Waals surface area contributed by atoms with Gasteiger partial charge in [-0.05, 0) is 36.0 Å². The maximum atomic E-state index is 14.2. The molecule has 1 amide bonds. The van der Waals surface area contributed by atoms with E-state index in [4.69, 9.17) is 0 Å². The van der Waals surface area contributed by atoms with Crippen molar-refractivity contribution in [2.45, 2.75) is 13.1 Å². The van der Waals surface area contributed by atoms with E-state index in [1.807, 2.05) is 30.3 Å². The third-order valence-electron chi connectivity index (χ3n) is 4.95. The molecule has 2 aromatic carbocycles. The Kier molecular flexibility index (Phi) is 6.03. The van der Waals surface area contributed by atoms with Crippen molar-refractivity contribution in [3.63, 3.8) is 0 Å². The first-order chi connectivity index (χ1) is 15.6. The average molecular weight is 429 g/mol. The number of aromatic amines is 1. The second-order valence-corrected chi connectivity index (χ2v) is 7.09. The predicted octanol–water partition coefficient (Wildman–Crippen LogP) is 3.50. The molecule has 0 aliphatic carbocycles. The largest absolute Gasteiger partial charge is 0.348 e. The first-order valence-corrected chi connectivity index (χ1v) is 9.87. The molecule has 0 saturated carbocycles. The number of hydrogen-bond donors (Lipinski definition) is 2. The number of pyridine rings is 1. The van der Waals surface area contributed by atoms with Gasteiger partial charge in [-0.3, -0.25) is 19.7 Å². The van der Waals surface area contributed by atoms with Crippen LogP contribution in [0.5, 0.6) is 0 Å². The molecule has 0 saturated heterocycles. The van der Waals surface area contributed by atoms with E-state index < -0.39 is 5.82 Å². The summed E-state index contributed by atoms with van der Waals surface area (Å²) in [7, 11) is 0. The molecule has 0 atom stereocenters. The summed E-state index contributed by atoms with van der Waals surface area (Å²) >= 11 is 0. The molecule has 8 heteroatoms. The molecule has 4 rings (SSSR count). The topological polar surface area (TPSA) is 92.1 Å². The van der Waals surface area contributed by atoms with Gasteiger partial charge >= 0.3 is 0 Å². The predicted molar refractivity (Wildman–Crippen MR) is 120 cm³/mol. The van der Waals surface area contributed by atoms with E-state index in [1.165, 1.54) is 23.1 Å². The normalized spacial score (nSPS) is 10.7. The van der Waals surface area contributed by atoms with Crippen molar-refractivity contribution in [1.29, 1.82) is 0 Å². The molecular weight excluding hydrogens is 409 g/mol. The van der Waals surface area contributed by atoms with E-state index in [0.717, 1.165) is 5.56 Å². The number of benzene rings is 2. The lowest BCUT2D eigenvalue weighted by Gasteiger charge is -2.06. The van der Waals surface area contributed by atoms with Crippen LogP contribution in [0.3, 0.4) is 0 Å². The molecule has 0 spiro atoms. The molecule has 0 unspecified atom stereocenters. The molecule has 0 bridgehead atoms. The van der Waals surface area contributed by atoms with Crippen molar-refractivity contribution >= 4 is 12.6 Å². The van der Waals surface area contributed by atoms with Gasteiger partial charge in [0.2, 0.25) is 0 Å². The molecule has 2 aromatic heterocycles. The molecule has 2 heterocycles. The van der Waals surface area contributed by atoms with Gasteiger partial charge < -0.3 is 5.32 Å². The highest BCUT2D eigenvalue weighted by Gasteiger charge is 2.14. The maximum absolute atomic E-state index is 14.2. The summed E-state index contributed by atoms with van der Waals surface area (Å²) in [5, 5.41) is 5.66. The molecular formula is C24H20FN5O2. The van der Waals surface area contributed by atoms with E-state index in [1.54, 1.807) is 24.3 Å². The van der Waals surface area contributed by atoms with Gasteiger partial charge in [-0.1, -0.05) is 42.5 Å². The summed E-state index contributed by atoms with van der Waals surface area (Å²) in [6, 6.07) is 17.3. The van der Waals surface area contributed by atoms with Crippen LogP contribution in [0.15, 0.2) is 82.8 Å². The molecule has 0 aliphatic heterocycles. The highest BCUT2D eigenvalue weighted by molar-refractivity contribution is 5.93. The lowest BCUT2D eigenvalue weighted by atomic mass is 10.1. The number of carbonyl (C=O) groups excluding carboxylic acids is 1. The van der Waals surface area contributed by atoms with Crippen LogP contribution in [0.25, 0.3) is 16.9 Å². The number of nitrogens with one attached hydrogen (secondary N) is 2. The molecule has 2 N–H and O–H groups in total. The maximum Gasteiger partial charge on any atom is 0.280 e. The second-order valence-electron chi connectivity index (χ2n) is 7.09. The summed E-state index contributed by atoms with van der Waals surface area (Å²) in [6.07, 6.45) is 2.89. The smallest absolute Gasteiger partial charge is 0.280 e. The van der Waals surface area contributed by atoms with Crippen LogP contribution in [-0.4, -0.2) is 27.4 Å². The average Bonchev–Trinajstić information content (AvgIpc) is 3.21. The molecule has 0 radical (unpaired) electrons. The van der Waals surface area contributed by atoms with Gasteiger partial charge in [-0.25, -0.2) is 14.1 Å². The standard InChI is InChI=1S/C24H20FN5O2/c1-26-13-18-8-7-17(11-21(18)25)20-15-29-30(24(20)32)22-10-9-19(14-27-22)23(31)28-12-16-5-3-2-4-6-16/h2-11,14-15,29H,1,12-13H2,(H,28,31). The van der Waals surface area contributed by atoms with Gasteiger partial charge in [-0.2, -0.15) is 0 Å². The zero-order valence-electron chi connectivity index (χ0n) is 17.1. The number of rotatable bonds is 7. The van der Waals surface area contributed by atoms with Gasteiger partial charge in [-0.15, -0.1) is 0 Å². The zero-order chi connectivity index (χ0) is 22.5. The van der Waals surface area contributed by atoms with Gasteiger partial charge in [0.25, 0.3) is 11.5 Å². The third kappa shape index (κ3) is 4.39. The van der Waals surface area contributed by atoms with Crippen LogP contribution in [0.1, 0.15) is 21.5 Å². The van der Waals surface area contributed by atoms with Crippen LogP contribution in [0.2, 0.25) is 0 Å². The van der Waals surface area contributed by atoms with E-state index in [9.17, 15) is 14.0 Å². The SMILES string of the molecule is C=NCc1ccc(-c2c[nH]n(-c3ccc(C(=O)NCc4ccccc4)cn3)c2=O)cc1F. The summed E-state index contributed by atoms with van der Waals surface area (Å²) in [6.45, 7) is 3.93. The van der Waals surface area contributed by atoms with Crippen LogP contribution >= 0.6 is 0 Å². The number of H-pyrrole nitrogens is 1. The fourth-order valence-corrected chi connectivity index (χ4v) is 3.24. The highest BCUT2D eigenvalue weighted by Crippen LogP contribution is 2.20. The van der Waals surface area contributed by atoms with Gasteiger partial charge in [0.15, 0.2) is 5.82 Å². The Morgan fingerprint density at radius 1 is 1.16 bits per heavy atom. The van der Waals surface area contributed by atoms with Crippen molar-refractivity contribution in [1.82, 2.24) is 20.1 Å². The Morgan fingerprint density at radius 3 is 2.66 bits per heavy atom. The number of carbonyl (C=O) groups is 1. The number of aliphatic imine (C=N–C) groups is 1. The van der Waals surface area contributed by atoms with Gasteiger partial charge in [0.05, 0.1) is 17.7 Å². The van der Waals surface area contributed by atoms with E-state index in [0.29, 0.717) is 34.6 Å². The van der Waals surface area contributed by atoms with E-state index in [2.05, 4.69) is 27.1 Å². The van der Waals surface area contributed by atoms with E-state index >= 15 is 0 Å². The first kappa shape index (κ1) is 20.9. The quantitative estimate of drug-likeness (QED) is 0.441. The van der Waals surface area contributed by atoms with Gasteiger partial charge in [0, 0.05) is 24.5 Å². The lowest BCUT2D eigenvalue weighted by Crippen LogP contribution is -2.23. The minimum Gasteiger partial charge on any atom is -0.348 e. The number of amides is 1. The van der Waals surface area contributed by atoms with E-state index in [-0.39, 0.29) is 18.0 Å². The first-order valence-electron chi connectivity index (χ1n) is 9.87. The summed E-state index contributed by atoms with van der Waals surface area (Å²) in [5.41, 5.74) is 2.12. The molecule has 0 aliphatic rings. The van der Waals surface area contributed by atoms with Gasteiger partial charge in [0.1, 0.15) is 5.82 Å². The molecule has 160 valence electrons. The van der Waals surface area contributed by atoms with Crippen LogP contribution in [0, 0.1) is 5.82 Å². The van der Waals surface area contributed by atoms with Crippen LogP contribution in [-0.2, 0) is 13.1 Å². The lowest BCUT2D eigenvalue weighted by molar-refractivity contribution is 0.0950. The number of hydrogen-bond acceptors (Lipinski definition) is 4. The monoisotopic (exact) mass is 429 g/mol. The highest BCUT2D eigenvalue weighted by atomic mass is 19.1. The molecule has 0 fully saturated rings. The van der Waals surface area contributed by atoms with Crippen molar-refractivity contribution in [3.8, 4) is 16.9 Å². The number of nitrogens with zero attached hydrogens (tertiary/aromatic N) is 3. The van der Waals surface area contributed by atoms with Crippen molar-refractivity contribution < 1.29 is 9.18 Å². The Morgan fingerprint density at radius 2 is 1.97 bits per heavy atom. The number of aromatic nitrogens is 3. The van der Waals surface area contributed by atoms with Crippen LogP contribution in [0.4, 0.5) is 4.39 Å². The fourth-order valence-electron chi connectivity index (χ4n) is 3.24. The second kappa shape index (κ2) is 9.22. The number of halogens is 1. The van der Waals surface area contributed by atoms with Crippen molar-refractivity contribution in [2.75, 3.05) is 0 Å². The summed E-state index contributed by atoms with van der Waals surface area (Å²) in [4.78, 5) is 33.1. The summed E-state index contributed by atoms with van der Waals surface area (Å²) in [5.74, 6) is -0.406. The van der Waals surface area contributed by atoms with Crippen molar-refractivity contribution in [2.24, 2.45) is 4.99 Å². The molecule has 4 aromatic rings. The Hall–Kier alpha value is -4.33. The van der Waals surface area contributed by atoms with Crippen LogP contribution < -0.4 is 10.9 Å². The Bertz CT molecular complexity index is 1310. The Labute approximate surface area is 183 Å². The minimum atomic E-state index is -0.453. The fraction of sp³-hybridized carbons (Fsp3) is 0.0833. The third-order valence-corrected chi connectivity index (χ3v) is 4.95. The molecule has 7 nitrogen and oxygen atoms in total. The summed E-state index contributed by atoms with van der Waals surface area (Å²) < 4.78 is 15.5. The Balaban J connectivity index is 1.51. The zero-order valence-corrected chi connectivity index (χ0v) is 17.1. The minimum absolute atomic E-state index is 0.165. The van der Waals surface area contributed by atoms with Crippen molar-refractivity contribution in [3.05, 3.63) is 106 Å².